The van der Waals surface area contributed by atoms with Crippen LogP contribution in [0.15, 0.2) is 40.9 Å². The van der Waals surface area contributed by atoms with Gasteiger partial charge in [-0.05, 0) is 60.7 Å². The third-order valence-corrected chi connectivity index (χ3v) is 5.47. The number of nitrogens with one attached hydrogen (secondary N) is 2. The first-order valence-corrected chi connectivity index (χ1v) is 9.31. The molecule has 0 bridgehead atoms. The fraction of sp³-hybridized carbons (Fsp3) is 0.368. The van der Waals surface area contributed by atoms with Gasteiger partial charge in [0.05, 0.1) is 12.8 Å². The van der Waals surface area contributed by atoms with E-state index in [1.54, 1.807) is 7.11 Å². The molecule has 2 N–H and O–H groups in total. The number of methoxy groups -OCH3 is 1. The van der Waals surface area contributed by atoms with Crippen LogP contribution < -0.4 is 15.4 Å². The number of rotatable bonds is 5. The van der Waals surface area contributed by atoms with Gasteiger partial charge in [0.25, 0.3) is 0 Å². The van der Waals surface area contributed by atoms with Gasteiger partial charge in [-0.3, -0.25) is 10.6 Å². The minimum atomic E-state index is -0.221. The molecule has 2 aromatic carbocycles. The molecule has 0 unspecified atom stereocenters. The topological polar surface area (TPSA) is 33.3 Å². The summed E-state index contributed by atoms with van der Waals surface area (Å²) in [6.07, 6.45) is 1.73. The lowest BCUT2D eigenvalue weighted by molar-refractivity contribution is 0.382. The number of benzene rings is 2. The highest BCUT2D eigenvalue weighted by atomic mass is 79.9. The maximum Gasteiger partial charge on any atom is 0.122 e. The fourth-order valence-corrected chi connectivity index (χ4v) is 4.04. The first-order chi connectivity index (χ1) is 11.5. The number of hydrogen-bond acceptors (Lipinski definition) is 3. The Hall–Kier alpha value is -1.07. The van der Waals surface area contributed by atoms with Crippen LogP contribution in [-0.4, -0.2) is 20.2 Å². The summed E-state index contributed by atoms with van der Waals surface area (Å²) in [5, 5.41) is 7.91. The SMILES string of the molecule is COc1ccc(Br)cc1CCc1c(Cl)cccc1C1(C)NCCN1. The Balaban J connectivity index is 1.89. The molecule has 0 aliphatic carbocycles. The van der Waals surface area contributed by atoms with E-state index >= 15 is 0 Å². The summed E-state index contributed by atoms with van der Waals surface area (Å²) in [6, 6.07) is 12.3. The zero-order chi connectivity index (χ0) is 17.2. The van der Waals surface area contributed by atoms with E-state index in [-0.39, 0.29) is 5.66 Å². The van der Waals surface area contributed by atoms with Gasteiger partial charge in [-0.15, -0.1) is 0 Å². The first kappa shape index (κ1) is 17.7. The summed E-state index contributed by atoms with van der Waals surface area (Å²) in [5.41, 5.74) is 3.36. The molecule has 128 valence electrons. The molecule has 0 amide bonds. The maximum absolute atomic E-state index is 6.54. The molecule has 1 fully saturated rings. The first-order valence-electron chi connectivity index (χ1n) is 8.14. The molecule has 0 radical (unpaired) electrons. The highest BCUT2D eigenvalue weighted by Gasteiger charge is 2.32. The van der Waals surface area contributed by atoms with E-state index in [1.165, 1.54) is 16.7 Å². The number of ether oxygens (including phenoxy) is 1. The highest BCUT2D eigenvalue weighted by Crippen LogP contribution is 2.31. The van der Waals surface area contributed by atoms with Crippen LogP contribution in [0.4, 0.5) is 0 Å². The van der Waals surface area contributed by atoms with Crippen molar-refractivity contribution in [1.29, 1.82) is 0 Å². The monoisotopic (exact) mass is 408 g/mol. The van der Waals surface area contributed by atoms with E-state index in [2.05, 4.69) is 45.6 Å². The van der Waals surface area contributed by atoms with Crippen molar-refractivity contribution < 1.29 is 4.74 Å². The molecule has 1 heterocycles. The molecule has 0 spiro atoms. The van der Waals surface area contributed by atoms with Crippen LogP contribution in [0.5, 0.6) is 5.75 Å². The van der Waals surface area contributed by atoms with Crippen LogP contribution in [0, 0.1) is 0 Å². The Kier molecular flexibility index (Phi) is 5.50. The smallest absolute Gasteiger partial charge is 0.122 e. The molecule has 3 rings (SSSR count). The second-order valence-corrected chi connectivity index (χ2v) is 7.52. The normalized spacial score (nSPS) is 16.3. The molecular formula is C19H22BrClN2O. The van der Waals surface area contributed by atoms with Crippen molar-refractivity contribution in [2.45, 2.75) is 25.4 Å². The minimum absolute atomic E-state index is 0.221. The molecule has 1 aliphatic rings. The summed E-state index contributed by atoms with van der Waals surface area (Å²) >= 11 is 10.1. The van der Waals surface area contributed by atoms with Crippen LogP contribution in [-0.2, 0) is 18.5 Å². The van der Waals surface area contributed by atoms with Crippen LogP contribution in [0.25, 0.3) is 0 Å². The number of halogens is 2. The molecule has 5 heteroatoms. The second-order valence-electron chi connectivity index (χ2n) is 6.20. The van der Waals surface area contributed by atoms with Crippen LogP contribution in [0.2, 0.25) is 5.02 Å². The van der Waals surface area contributed by atoms with Crippen molar-refractivity contribution in [3.8, 4) is 5.75 Å². The molecule has 3 nitrogen and oxygen atoms in total. The zero-order valence-electron chi connectivity index (χ0n) is 14.0. The van der Waals surface area contributed by atoms with Gasteiger partial charge in [-0.2, -0.15) is 0 Å². The van der Waals surface area contributed by atoms with Crippen LogP contribution in [0.3, 0.4) is 0 Å². The highest BCUT2D eigenvalue weighted by molar-refractivity contribution is 9.10. The quantitative estimate of drug-likeness (QED) is 0.774. The molecule has 1 aliphatic heterocycles. The van der Waals surface area contributed by atoms with Gasteiger partial charge < -0.3 is 4.74 Å². The van der Waals surface area contributed by atoms with E-state index in [4.69, 9.17) is 16.3 Å². The van der Waals surface area contributed by atoms with Gasteiger partial charge in [0.1, 0.15) is 5.75 Å². The Morgan fingerprint density at radius 1 is 1.17 bits per heavy atom. The number of aryl methyl sites for hydroxylation is 1. The van der Waals surface area contributed by atoms with Crippen LogP contribution >= 0.6 is 27.5 Å². The van der Waals surface area contributed by atoms with Crippen molar-refractivity contribution in [2.24, 2.45) is 0 Å². The lowest BCUT2D eigenvalue weighted by Crippen LogP contribution is -2.43. The average Bonchev–Trinajstić information content (AvgIpc) is 3.01. The van der Waals surface area contributed by atoms with Crippen molar-refractivity contribution >= 4 is 27.5 Å². The summed E-state index contributed by atoms with van der Waals surface area (Å²) in [6.45, 7) is 4.10. The summed E-state index contributed by atoms with van der Waals surface area (Å²) < 4.78 is 6.55. The lowest BCUT2D eigenvalue weighted by atomic mass is 9.92. The molecule has 1 saturated heterocycles. The van der Waals surface area contributed by atoms with Gasteiger partial charge in [0, 0.05) is 22.6 Å². The fourth-order valence-electron chi connectivity index (χ4n) is 3.36. The van der Waals surface area contributed by atoms with E-state index in [0.29, 0.717) is 0 Å². The Morgan fingerprint density at radius 3 is 2.62 bits per heavy atom. The van der Waals surface area contributed by atoms with Gasteiger partial charge in [-0.25, -0.2) is 0 Å². The van der Waals surface area contributed by atoms with Gasteiger partial charge in [0.15, 0.2) is 0 Å². The van der Waals surface area contributed by atoms with Crippen molar-refractivity contribution in [3.05, 3.63) is 62.6 Å². The van der Waals surface area contributed by atoms with Crippen molar-refractivity contribution in [3.63, 3.8) is 0 Å². The maximum atomic E-state index is 6.54. The lowest BCUT2D eigenvalue weighted by Gasteiger charge is -2.29. The number of hydrogen-bond donors (Lipinski definition) is 2. The molecule has 0 saturated carbocycles. The minimum Gasteiger partial charge on any atom is -0.496 e. The van der Waals surface area contributed by atoms with Gasteiger partial charge >= 0.3 is 0 Å². The summed E-state index contributed by atoms with van der Waals surface area (Å²) in [7, 11) is 1.71. The molecule has 2 aromatic rings. The van der Waals surface area contributed by atoms with Crippen molar-refractivity contribution in [1.82, 2.24) is 10.6 Å². The standard InChI is InChI=1S/C19H22BrClN2O/c1-19(22-10-11-23-19)16-4-3-5-17(21)15(16)8-6-13-12-14(20)7-9-18(13)24-2/h3-5,7,9,12,22-23H,6,8,10-11H2,1-2H3. The predicted octanol–water partition coefficient (Wildman–Crippen LogP) is 4.26. The molecule has 0 aromatic heterocycles. The van der Waals surface area contributed by atoms with E-state index in [9.17, 15) is 0 Å². The van der Waals surface area contributed by atoms with Gasteiger partial charge in [-0.1, -0.05) is 39.7 Å². The molecule has 0 atom stereocenters. The van der Waals surface area contributed by atoms with E-state index < -0.39 is 0 Å². The summed E-state index contributed by atoms with van der Waals surface area (Å²) in [4.78, 5) is 0. The van der Waals surface area contributed by atoms with E-state index in [1.807, 2.05) is 24.3 Å². The average molecular weight is 410 g/mol. The third-order valence-electron chi connectivity index (χ3n) is 4.63. The van der Waals surface area contributed by atoms with Crippen LogP contribution in [0.1, 0.15) is 23.6 Å². The Labute approximate surface area is 156 Å². The Bertz CT molecular complexity index is 729. The zero-order valence-corrected chi connectivity index (χ0v) is 16.3. The Morgan fingerprint density at radius 2 is 1.92 bits per heavy atom. The third kappa shape index (κ3) is 3.62. The van der Waals surface area contributed by atoms with E-state index in [0.717, 1.165) is 41.2 Å². The predicted molar refractivity (Wildman–Crippen MR) is 103 cm³/mol. The molecule has 24 heavy (non-hydrogen) atoms. The largest absolute Gasteiger partial charge is 0.496 e. The van der Waals surface area contributed by atoms with Crippen molar-refractivity contribution in [2.75, 3.05) is 20.2 Å². The second kappa shape index (κ2) is 7.44. The van der Waals surface area contributed by atoms with Gasteiger partial charge in [0.2, 0.25) is 0 Å². The molecular weight excluding hydrogens is 388 g/mol. The summed E-state index contributed by atoms with van der Waals surface area (Å²) in [5.74, 6) is 0.912.